The van der Waals surface area contributed by atoms with Gasteiger partial charge in [0.15, 0.2) is 5.78 Å². The molecule has 1 aromatic rings. The van der Waals surface area contributed by atoms with E-state index < -0.39 is 5.97 Å². The van der Waals surface area contributed by atoms with Crippen molar-refractivity contribution in [2.24, 2.45) is 74.9 Å². The van der Waals surface area contributed by atoms with E-state index in [9.17, 15) is 24.3 Å². The van der Waals surface area contributed by atoms with E-state index in [-0.39, 0.29) is 57.1 Å². The smallest absolute Gasteiger partial charge is 0.306 e. The molecule has 7 rings (SSSR count). The first kappa shape index (κ1) is 36.5. The number of amides is 1. The average Bonchev–Trinajstić information content (AvgIpc) is 3.37. The van der Waals surface area contributed by atoms with Gasteiger partial charge in [0, 0.05) is 43.1 Å². The van der Waals surface area contributed by atoms with Crippen molar-refractivity contribution in [2.45, 2.75) is 126 Å². The second-order valence-corrected chi connectivity index (χ2v) is 19.3. The summed E-state index contributed by atoms with van der Waals surface area (Å²) in [6, 6.07) is 1.71. The number of carbonyl (C=O) groups is 4. The van der Waals surface area contributed by atoms with Gasteiger partial charge in [-0.2, -0.15) is 0 Å². The highest BCUT2D eigenvalue weighted by Gasteiger charge is 2.66. The number of Topliss-reactive ketones (excluding diaryl/α,β-unsaturated/α-hetero) is 2. The summed E-state index contributed by atoms with van der Waals surface area (Å²) in [6.07, 6.45) is 14.7. The summed E-state index contributed by atoms with van der Waals surface area (Å²) in [4.78, 5) is 60.1. The fraction of sp³-hybridized carbons (Fsp3) is 0.767. The average molecular weight is 700 g/mol. The van der Waals surface area contributed by atoms with Gasteiger partial charge in [0.2, 0.25) is 5.82 Å². The maximum Gasteiger partial charge on any atom is 0.306 e. The van der Waals surface area contributed by atoms with Crippen LogP contribution in [0, 0.1) is 74.9 Å². The predicted molar refractivity (Wildman–Crippen MR) is 195 cm³/mol. The zero-order chi connectivity index (χ0) is 36.7. The minimum Gasteiger partial charge on any atom is -0.481 e. The number of allylic oxidation sites excluding steroid dienone is 2. The largest absolute Gasteiger partial charge is 0.481 e. The molecule has 6 aliphatic carbocycles. The summed E-state index contributed by atoms with van der Waals surface area (Å²) in [5.74, 6) is 1.91. The number of carboxylic acid groups (broad SMARTS) is 1. The zero-order valence-electron chi connectivity index (χ0n) is 32.1. The van der Waals surface area contributed by atoms with Crippen LogP contribution in [-0.4, -0.2) is 45.1 Å². The third kappa shape index (κ3) is 5.66. The molecular weight excluding hydrogens is 638 g/mol. The Morgan fingerprint density at radius 2 is 1.63 bits per heavy atom. The van der Waals surface area contributed by atoms with E-state index >= 15 is 0 Å². The third-order valence-electron chi connectivity index (χ3n) is 16.6. The van der Waals surface area contributed by atoms with Crippen LogP contribution in [-0.2, 0) is 14.4 Å². The van der Waals surface area contributed by atoms with Crippen molar-refractivity contribution < 1.29 is 24.3 Å². The molecule has 0 radical (unpaired) electrons. The van der Waals surface area contributed by atoms with E-state index in [1.807, 2.05) is 6.92 Å². The molecule has 5 saturated carbocycles. The van der Waals surface area contributed by atoms with Crippen LogP contribution in [0.1, 0.15) is 136 Å². The molecule has 0 saturated heterocycles. The zero-order valence-corrected chi connectivity index (χ0v) is 32.1. The summed E-state index contributed by atoms with van der Waals surface area (Å²) in [5.41, 5.74) is 2.81. The fourth-order valence-electron chi connectivity index (χ4n) is 14.0. The van der Waals surface area contributed by atoms with Crippen LogP contribution in [0.4, 0.5) is 0 Å². The van der Waals surface area contributed by atoms with Gasteiger partial charge in [0.05, 0.1) is 5.92 Å². The predicted octanol–water partition coefficient (Wildman–Crippen LogP) is 8.12. The molecule has 8 heteroatoms. The second kappa shape index (κ2) is 12.9. The molecule has 0 spiro atoms. The second-order valence-electron chi connectivity index (χ2n) is 19.3. The van der Waals surface area contributed by atoms with Gasteiger partial charge < -0.3 is 10.4 Å². The van der Waals surface area contributed by atoms with Gasteiger partial charge in [-0.15, -0.1) is 0 Å². The lowest BCUT2D eigenvalue weighted by Gasteiger charge is -2.69. The highest BCUT2D eigenvalue weighted by Crippen LogP contribution is 2.74. The minimum absolute atomic E-state index is 0.0438. The highest BCUT2D eigenvalue weighted by molar-refractivity contribution is 6.00. The van der Waals surface area contributed by atoms with Crippen LogP contribution >= 0.6 is 0 Å². The molecule has 11 atom stereocenters. The van der Waals surface area contributed by atoms with E-state index in [1.165, 1.54) is 24.8 Å². The Morgan fingerprint density at radius 1 is 0.922 bits per heavy atom. The van der Waals surface area contributed by atoms with Crippen molar-refractivity contribution in [3.63, 3.8) is 0 Å². The fourth-order valence-corrected chi connectivity index (χ4v) is 14.0. The first-order valence-electron chi connectivity index (χ1n) is 20.1. The van der Waals surface area contributed by atoms with Crippen molar-refractivity contribution in [1.82, 2.24) is 15.3 Å². The van der Waals surface area contributed by atoms with Crippen molar-refractivity contribution >= 4 is 23.4 Å². The number of aromatic nitrogens is 2. The van der Waals surface area contributed by atoms with Gasteiger partial charge in [0.25, 0.3) is 5.91 Å². The topological polar surface area (TPSA) is 126 Å². The lowest BCUT2D eigenvalue weighted by Crippen LogP contribution is -2.62. The van der Waals surface area contributed by atoms with E-state index in [0.29, 0.717) is 67.0 Å². The summed E-state index contributed by atoms with van der Waals surface area (Å²) >= 11 is 0. The number of hydrogen-bond acceptors (Lipinski definition) is 6. The number of carbonyl (C=O) groups excluding carboxylic acids is 3. The first-order valence-corrected chi connectivity index (χ1v) is 20.1. The molecule has 0 aliphatic heterocycles. The standard InChI is InChI=1S/C43H61N3O5/c1-24(2)35-32(48)23-43(17-20-46-38(49)37-44-18-8-19-45-37)16-12-30-27(36(35)43)9-10-34-41(30,6)15-13-33-40(4,5)26(11-14-42(33,34)7)21-31(47)28-22-29(25(28)3)39(50)51/h8,18-19,24-30,33-34H,9-17,20-23H2,1-7H3,(H,46,49)(H,50,51). The molecule has 1 heterocycles. The molecule has 1 amide bonds. The summed E-state index contributed by atoms with van der Waals surface area (Å²) < 4.78 is 0. The lowest BCUT2D eigenvalue weighted by atomic mass is 9.35. The molecule has 1 aromatic heterocycles. The molecule has 8 nitrogen and oxygen atoms in total. The molecule has 51 heavy (non-hydrogen) atoms. The quantitative estimate of drug-likeness (QED) is 0.267. The summed E-state index contributed by atoms with van der Waals surface area (Å²) in [6.45, 7) is 16.9. The van der Waals surface area contributed by atoms with Crippen LogP contribution in [0.15, 0.2) is 29.6 Å². The summed E-state index contributed by atoms with van der Waals surface area (Å²) in [5, 5.41) is 12.6. The van der Waals surface area contributed by atoms with E-state index in [4.69, 9.17) is 0 Å². The van der Waals surface area contributed by atoms with Crippen LogP contribution < -0.4 is 5.32 Å². The molecule has 6 aliphatic rings. The summed E-state index contributed by atoms with van der Waals surface area (Å²) in [7, 11) is 0. The van der Waals surface area contributed by atoms with Gasteiger partial charge in [-0.3, -0.25) is 19.2 Å². The van der Waals surface area contributed by atoms with Crippen LogP contribution in [0.2, 0.25) is 0 Å². The Labute approximate surface area is 304 Å². The molecular formula is C43H61N3O5. The van der Waals surface area contributed by atoms with Crippen molar-refractivity contribution in [3.05, 3.63) is 35.4 Å². The normalized spacial score (nSPS) is 41.1. The van der Waals surface area contributed by atoms with Gasteiger partial charge in [-0.25, -0.2) is 9.97 Å². The maximum absolute atomic E-state index is 13.9. The Kier molecular flexibility index (Phi) is 9.22. The van der Waals surface area contributed by atoms with Crippen molar-refractivity contribution in [1.29, 1.82) is 0 Å². The first-order chi connectivity index (χ1) is 24.0. The van der Waals surface area contributed by atoms with E-state index in [2.05, 4.69) is 56.8 Å². The number of carboxylic acids is 1. The molecule has 278 valence electrons. The van der Waals surface area contributed by atoms with Crippen molar-refractivity contribution in [2.75, 3.05) is 6.54 Å². The van der Waals surface area contributed by atoms with Crippen molar-refractivity contribution in [3.8, 4) is 0 Å². The van der Waals surface area contributed by atoms with Crippen LogP contribution in [0.5, 0.6) is 0 Å². The van der Waals surface area contributed by atoms with Crippen LogP contribution in [0.25, 0.3) is 0 Å². The minimum atomic E-state index is -0.761. The maximum atomic E-state index is 13.9. The van der Waals surface area contributed by atoms with E-state index in [1.54, 1.807) is 18.5 Å². The SMILES string of the molecule is CC(C)C1=C2C3CCC4C(C)(CCC5C(C)(C)C(CC(=O)C6CC(C(=O)O)C6C)CCC54C)C3CCC2(CCNC(=O)c2ncccn2)CC1=O. The number of aliphatic carboxylic acids is 1. The van der Waals surface area contributed by atoms with E-state index in [0.717, 1.165) is 44.1 Å². The van der Waals surface area contributed by atoms with Gasteiger partial charge in [-0.1, -0.05) is 54.0 Å². The Bertz CT molecular complexity index is 1620. The molecule has 2 N–H and O–H groups in total. The third-order valence-corrected chi connectivity index (χ3v) is 16.6. The number of nitrogens with one attached hydrogen (secondary N) is 1. The number of nitrogens with zero attached hydrogens (tertiary/aromatic N) is 2. The Balaban J connectivity index is 1.09. The molecule has 0 bridgehead atoms. The Hall–Kier alpha value is -2.90. The van der Waals surface area contributed by atoms with Gasteiger partial charge in [0.1, 0.15) is 5.78 Å². The highest BCUT2D eigenvalue weighted by atomic mass is 16.4. The van der Waals surface area contributed by atoms with Crippen LogP contribution in [0.3, 0.4) is 0 Å². The molecule has 11 unspecified atom stereocenters. The monoisotopic (exact) mass is 699 g/mol. The van der Waals surface area contributed by atoms with Gasteiger partial charge >= 0.3 is 5.97 Å². The molecule has 0 aromatic carbocycles. The number of rotatable bonds is 9. The number of ketones is 2. The molecule has 5 fully saturated rings. The van der Waals surface area contributed by atoms with Gasteiger partial charge in [-0.05, 0) is 134 Å². The number of hydrogen-bond donors (Lipinski definition) is 2. The Morgan fingerprint density at radius 3 is 2.29 bits per heavy atom. The lowest BCUT2D eigenvalue weighted by molar-refractivity contribution is -0.193. The number of fused-ring (bicyclic) bond motifs is 7.